The van der Waals surface area contributed by atoms with Crippen molar-refractivity contribution in [3.63, 3.8) is 0 Å². The van der Waals surface area contributed by atoms with Gasteiger partial charge in [0.15, 0.2) is 0 Å². The number of rotatable bonds is 2. The molecule has 0 unspecified atom stereocenters. The third-order valence-electron chi connectivity index (χ3n) is 2.65. The fraction of sp³-hybridized carbons (Fsp3) is 0.154. The Hall–Kier alpha value is -1.83. The van der Waals surface area contributed by atoms with Crippen molar-refractivity contribution < 1.29 is 9.90 Å². The topological polar surface area (TPSA) is 37.3 Å². The van der Waals surface area contributed by atoms with Gasteiger partial charge in [0, 0.05) is 0 Å². The summed E-state index contributed by atoms with van der Waals surface area (Å²) < 4.78 is 0. The molecule has 0 saturated carbocycles. The summed E-state index contributed by atoms with van der Waals surface area (Å²) in [7, 11) is 0. The van der Waals surface area contributed by atoms with Gasteiger partial charge in [0.25, 0.3) is 0 Å². The van der Waals surface area contributed by atoms with Gasteiger partial charge in [-0.15, -0.1) is 0 Å². The second kappa shape index (κ2) is 3.73. The van der Waals surface area contributed by atoms with E-state index in [9.17, 15) is 4.79 Å². The van der Waals surface area contributed by atoms with E-state index in [-0.39, 0.29) is 6.42 Å². The first-order valence-corrected chi connectivity index (χ1v) is 4.87. The van der Waals surface area contributed by atoms with E-state index in [2.05, 4.69) is 0 Å². The molecule has 2 aromatic carbocycles. The average Bonchev–Trinajstić information content (AvgIpc) is 2.22. The highest BCUT2D eigenvalue weighted by Crippen LogP contribution is 2.21. The Bertz CT molecular complexity index is 515. The molecule has 0 aliphatic carbocycles. The predicted octanol–water partition coefficient (Wildman–Crippen LogP) is 2.78. The van der Waals surface area contributed by atoms with Crippen LogP contribution >= 0.6 is 0 Å². The van der Waals surface area contributed by atoms with Crippen LogP contribution in [0.3, 0.4) is 0 Å². The van der Waals surface area contributed by atoms with Crippen LogP contribution in [0.5, 0.6) is 0 Å². The van der Waals surface area contributed by atoms with Gasteiger partial charge in [-0.2, -0.15) is 0 Å². The fourth-order valence-electron chi connectivity index (χ4n) is 1.83. The number of carboxylic acids is 1. The lowest BCUT2D eigenvalue weighted by atomic mass is 9.98. The van der Waals surface area contributed by atoms with E-state index in [1.54, 1.807) is 0 Å². The Balaban J connectivity index is 2.59. The van der Waals surface area contributed by atoms with Crippen molar-refractivity contribution >= 4 is 16.7 Å². The number of carboxylic acid groups (broad SMARTS) is 1. The van der Waals surface area contributed by atoms with Gasteiger partial charge >= 0.3 is 5.97 Å². The third kappa shape index (κ3) is 1.84. The summed E-state index contributed by atoms with van der Waals surface area (Å²) >= 11 is 0. The second-order valence-electron chi connectivity index (χ2n) is 3.64. The summed E-state index contributed by atoms with van der Waals surface area (Å²) in [5.41, 5.74) is 1.96. The first-order chi connectivity index (χ1) is 7.18. The zero-order valence-electron chi connectivity index (χ0n) is 8.53. The van der Waals surface area contributed by atoms with E-state index >= 15 is 0 Å². The van der Waals surface area contributed by atoms with Gasteiger partial charge in [0.1, 0.15) is 0 Å². The van der Waals surface area contributed by atoms with Gasteiger partial charge in [-0.1, -0.05) is 36.4 Å². The molecule has 2 nitrogen and oxygen atoms in total. The molecule has 0 aliphatic heterocycles. The number of carbonyl (C=O) groups is 1. The van der Waals surface area contributed by atoms with Gasteiger partial charge in [0.05, 0.1) is 6.42 Å². The Kier molecular flexibility index (Phi) is 2.42. The highest BCUT2D eigenvalue weighted by atomic mass is 16.4. The van der Waals surface area contributed by atoms with E-state index in [1.165, 1.54) is 0 Å². The molecular formula is C13H12O2. The van der Waals surface area contributed by atoms with Crippen molar-refractivity contribution in [3.8, 4) is 0 Å². The molecule has 0 amide bonds. The minimum absolute atomic E-state index is 0.0939. The minimum Gasteiger partial charge on any atom is -0.481 e. The van der Waals surface area contributed by atoms with Crippen LogP contribution in [0.1, 0.15) is 11.1 Å². The van der Waals surface area contributed by atoms with Crippen LogP contribution < -0.4 is 0 Å². The van der Waals surface area contributed by atoms with E-state index in [4.69, 9.17) is 5.11 Å². The van der Waals surface area contributed by atoms with Crippen molar-refractivity contribution in [2.24, 2.45) is 0 Å². The van der Waals surface area contributed by atoms with Crippen LogP contribution in [0, 0.1) is 6.92 Å². The van der Waals surface area contributed by atoms with Gasteiger partial charge in [-0.05, 0) is 28.8 Å². The smallest absolute Gasteiger partial charge is 0.307 e. The SMILES string of the molecule is Cc1c(CC(=O)O)ccc2ccccc12. The lowest BCUT2D eigenvalue weighted by molar-refractivity contribution is -0.136. The van der Waals surface area contributed by atoms with Gasteiger partial charge < -0.3 is 5.11 Å². The third-order valence-corrected chi connectivity index (χ3v) is 2.65. The molecular weight excluding hydrogens is 188 g/mol. The number of hydrogen-bond donors (Lipinski definition) is 1. The molecule has 15 heavy (non-hydrogen) atoms. The lowest BCUT2D eigenvalue weighted by Gasteiger charge is -2.07. The van der Waals surface area contributed by atoms with Crippen molar-refractivity contribution in [3.05, 3.63) is 47.5 Å². The Labute approximate surface area is 88.2 Å². The molecule has 1 N–H and O–H groups in total. The fourth-order valence-corrected chi connectivity index (χ4v) is 1.83. The molecule has 0 bridgehead atoms. The summed E-state index contributed by atoms with van der Waals surface area (Å²) in [5, 5.41) is 11.1. The van der Waals surface area contributed by atoms with Gasteiger partial charge in [-0.25, -0.2) is 0 Å². The Morgan fingerprint density at radius 1 is 1.20 bits per heavy atom. The van der Waals surface area contributed by atoms with E-state index in [0.717, 1.165) is 21.9 Å². The maximum absolute atomic E-state index is 10.7. The van der Waals surface area contributed by atoms with Crippen molar-refractivity contribution in [2.45, 2.75) is 13.3 Å². The zero-order chi connectivity index (χ0) is 10.8. The Morgan fingerprint density at radius 3 is 2.67 bits per heavy atom. The summed E-state index contributed by atoms with van der Waals surface area (Å²) in [6.07, 6.45) is 0.0939. The van der Waals surface area contributed by atoms with Crippen LogP contribution in [0.2, 0.25) is 0 Å². The molecule has 0 aliphatic rings. The van der Waals surface area contributed by atoms with Crippen LogP contribution in [0.25, 0.3) is 10.8 Å². The Morgan fingerprint density at radius 2 is 1.93 bits per heavy atom. The van der Waals surface area contributed by atoms with Gasteiger partial charge in [0.2, 0.25) is 0 Å². The monoisotopic (exact) mass is 200 g/mol. The van der Waals surface area contributed by atoms with E-state index < -0.39 is 5.97 Å². The molecule has 0 aromatic heterocycles. The zero-order valence-corrected chi connectivity index (χ0v) is 8.53. The number of fused-ring (bicyclic) bond motifs is 1. The molecule has 0 heterocycles. The quantitative estimate of drug-likeness (QED) is 0.809. The van der Waals surface area contributed by atoms with E-state index in [1.807, 2.05) is 43.3 Å². The highest BCUT2D eigenvalue weighted by Gasteiger charge is 2.06. The van der Waals surface area contributed by atoms with Crippen molar-refractivity contribution in [1.29, 1.82) is 0 Å². The van der Waals surface area contributed by atoms with Crippen molar-refractivity contribution in [2.75, 3.05) is 0 Å². The summed E-state index contributed by atoms with van der Waals surface area (Å²) in [4.78, 5) is 10.7. The van der Waals surface area contributed by atoms with Crippen LogP contribution in [-0.4, -0.2) is 11.1 Å². The molecule has 2 heteroatoms. The average molecular weight is 200 g/mol. The lowest BCUT2D eigenvalue weighted by Crippen LogP contribution is -2.02. The number of aliphatic carboxylic acids is 1. The summed E-state index contributed by atoms with van der Waals surface area (Å²) in [6, 6.07) is 11.9. The van der Waals surface area contributed by atoms with Crippen molar-refractivity contribution in [1.82, 2.24) is 0 Å². The maximum atomic E-state index is 10.7. The highest BCUT2D eigenvalue weighted by molar-refractivity contribution is 5.87. The molecule has 76 valence electrons. The summed E-state index contributed by atoms with van der Waals surface area (Å²) in [6.45, 7) is 1.97. The molecule has 0 atom stereocenters. The number of benzene rings is 2. The minimum atomic E-state index is -0.784. The number of aryl methyl sites for hydroxylation is 1. The largest absolute Gasteiger partial charge is 0.481 e. The first-order valence-electron chi connectivity index (χ1n) is 4.87. The number of hydrogen-bond acceptors (Lipinski definition) is 1. The molecule has 0 spiro atoms. The van der Waals surface area contributed by atoms with Crippen LogP contribution in [0.15, 0.2) is 36.4 Å². The normalized spacial score (nSPS) is 10.5. The van der Waals surface area contributed by atoms with Gasteiger partial charge in [-0.3, -0.25) is 4.79 Å². The van der Waals surface area contributed by atoms with Crippen LogP contribution in [-0.2, 0) is 11.2 Å². The first kappa shape index (κ1) is 9.71. The molecule has 2 rings (SSSR count). The maximum Gasteiger partial charge on any atom is 0.307 e. The molecule has 0 fully saturated rings. The molecule has 2 aromatic rings. The summed E-state index contributed by atoms with van der Waals surface area (Å²) in [5.74, 6) is -0.784. The molecule has 0 saturated heterocycles. The van der Waals surface area contributed by atoms with Crippen LogP contribution in [0.4, 0.5) is 0 Å². The second-order valence-corrected chi connectivity index (χ2v) is 3.64. The molecule has 0 radical (unpaired) electrons. The standard InChI is InChI=1S/C13H12O2/c1-9-11(8-13(14)15)7-6-10-4-2-3-5-12(9)10/h2-7H,8H2,1H3,(H,14,15). The van der Waals surface area contributed by atoms with E-state index in [0.29, 0.717) is 0 Å². The predicted molar refractivity (Wildman–Crippen MR) is 60.0 cm³/mol.